The summed E-state index contributed by atoms with van der Waals surface area (Å²) in [5, 5.41) is 4.53. The highest BCUT2D eigenvalue weighted by molar-refractivity contribution is 9.10. The van der Waals surface area contributed by atoms with Crippen LogP contribution >= 0.6 is 15.9 Å². The summed E-state index contributed by atoms with van der Waals surface area (Å²) in [4.78, 5) is 0. The van der Waals surface area contributed by atoms with Gasteiger partial charge < -0.3 is 14.5 Å². The zero-order valence-corrected chi connectivity index (χ0v) is 11.7. The largest absolute Gasteiger partial charge is 0.459 e. The molecule has 0 aliphatic carbocycles. The zero-order valence-electron chi connectivity index (χ0n) is 10.1. The molecule has 1 N–H and O–H groups in total. The van der Waals surface area contributed by atoms with Crippen LogP contribution in [0.5, 0.6) is 0 Å². The Bertz CT molecular complexity index is 532. The Morgan fingerprint density at radius 3 is 3.11 bits per heavy atom. The molecule has 0 bridgehead atoms. The highest BCUT2D eigenvalue weighted by Gasteiger charge is 2.15. The van der Waals surface area contributed by atoms with Gasteiger partial charge in [-0.1, -0.05) is 12.1 Å². The van der Waals surface area contributed by atoms with E-state index in [4.69, 9.17) is 9.15 Å². The number of para-hydroxylation sites is 1. The van der Waals surface area contributed by atoms with Gasteiger partial charge in [0.05, 0.1) is 17.1 Å². The SMILES string of the molecule is Brc1cccc2cc(CNCC3CCCO3)oc12. The number of ether oxygens (including phenoxy) is 1. The van der Waals surface area contributed by atoms with Crippen molar-refractivity contribution < 1.29 is 9.15 Å². The van der Waals surface area contributed by atoms with Crippen LogP contribution in [-0.2, 0) is 11.3 Å². The Labute approximate surface area is 115 Å². The van der Waals surface area contributed by atoms with Crippen molar-refractivity contribution in [3.8, 4) is 0 Å². The minimum atomic E-state index is 0.376. The van der Waals surface area contributed by atoms with E-state index < -0.39 is 0 Å². The number of hydrogen-bond donors (Lipinski definition) is 1. The molecule has 18 heavy (non-hydrogen) atoms. The Morgan fingerprint density at radius 1 is 1.39 bits per heavy atom. The van der Waals surface area contributed by atoms with Crippen molar-refractivity contribution in [1.82, 2.24) is 5.32 Å². The van der Waals surface area contributed by atoms with E-state index in [9.17, 15) is 0 Å². The number of furan rings is 1. The molecule has 0 spiro atoms. The highest BCUT2D eigenvalue weighted by Crippen LogP contribution is 2.26. The molecule has 1 fully saturated rings. The van der Waals surface area contributed by atoms with E-state index in [1.165, 1.54) is 12.8 Å². The fraction of sp³-hybridized carbons (Fsp3) is 0.429. The van der Waals surface area contributed by atoms with Crippen LogP contribution in [0.15, 0.2) is 33.2 Å². The molecule has 2 heterocycles. The van der Waals surface area contributed by atoms with Gasteiger partial charge in [-0.3, -0.25) is 0 Å². The van der Waals surface area contributed by atoms with Gasteiger partial charge in [-0.2, -0.15) is 0 Å². The summed E-state index contributed by atoms with van der Waals surface area (Å²) in [6.45, 7) is 2.56. The van der Waals surface area contributed by atoms with Crippen molar-refractivity contribution in [2.45, 2.75) is 25.5 Å². The first-order valence-electron chi connectivity index (χ1n) is 6.32. The van der Waals surface area contributed by atoms with Crippen LogP contribution in [0.2, 0.25) is 0 Å². The first-order chi connectivity index (χ1) is 8.83. The number of nitrogens with one attached hydrogen (secondary N) is 1. The molecule has 1 aliphatic heterocycles. The topological polar surface area (TPSA) is 34.4 Å². The molecule has 0 radical (unpaired) electrons. The molecular weight excluding hydrogens is 294 g/mol. The van der Waals surface area contributed by atoms with E-state index in [2.05, 4.69) is 33.4 Å². The second-order valence-electron chi connectivity index (χ2n) is 4.64. The Balaban J connectivity index is 1.62. The lowest BCUT2D eigenvalue weighted by atomic mass is 10.2. The first-order valence-corrected chi connectivity index (χ1v) is 7.11. The molecule has 2 aromatic rings. The maximum absolute atomic E-state index is 5.81. The lowest BCUT2D eigenvalue weighted by Crippen LogP contribution is -2.25. The number of halogens is 1. The minimum Gasteiger partial charge on any atom is -0.459 e. The number of fused-ring (bicyclic) bond motifs is 1. The highest BCUT2D eigenvalue weighted by atomic mass is 79.9. The van der Waals surface area contributed by atoms with E-state index in [0.29, 0.717) is 6.10 Å². The summed E-state index contributed by atoms with van der Waals surface area (Å²) >= 11 is 3.50. The quantitative estimate of drug-likeness (QED) is 0.939. The molecule has 1 aromatic heterocycles. The number of benzene rings is 1. The maximum Gasteiger partial charge on any atom is 0.148 e. The van der Waals surface area contributed by atoms with Crippen LogP contribution in [0.25, 0.3) is 11.0 Å². The van der Waals surface area contributed by atoms with Gasteiger partial charge in [0.25, 0.3) is 0 Å². The van der Waals surface area contributed by atoms with Gasteiger partial charge >= 0.3 is 0 Å². The standard InChI is InChI=1S/C14H16BrNO2/c15-13-5-1-3-10-7-12(18-14(10)13)9-16-8-11-4-2-6-17-11/h1,3,5,7,11,16H,2,4,6,8-9H2. The van der Waals surface area contributed by atoms with Gasteiger partial charge in [0.1, 0.15) is 11.3 Å². The molecule has 4 heteroatoms. The van der Waals surface area contributed by atoms with E-state index in [1.54, 1.807) is 0 Å². The third-order valence-electron chi connectivity index (χ3n) is 3.24. The van der Waals surface area contributed by atoms with Crippen LogP contribution in [0.3, 0.4) is 0 Å². The van der Waals surface area contributed by atoms with Crippen molar-refractivity contribution >= 4 is 26.9 Å². The predicted octanol–water partition coefficient (Wildman–Crippen LogP) is 3.46. The predicted molar refractivity (Wildman–Crippen MR) is 74.6 cm³/mol. The smallest absolute Gasteiger partial charge is 0.148 e. The fourth-order valence-electron chi connectivity index (χ4n) is 2.33. The van der Waals surface area contributed by atoms with Crippen LogP contribution in [-0.4, -0.2) is 19.3 Å². The van der Waals surface area contributed by atoms with Gasteiger partial charge in [-0.05, 0) is 40.9 Å². The third kappa shape index (κ3) is 2.60. The molecule has 1 aliphatic rings. The van der Waals surface area contributed by atoms with Gasteiger partial charge in [0.15, 0.2) is 0 Å². The normalized spacial score (nSPS) is 19.7. The molecule has 1 aromatic carbocycles. The summed E-state index contributed by atoms with van der Waals surface area (Å²) in [6.07, 6.45) is 2.73. The van der Waals surface area contributed by atoms with Crippen molar-refractivity contribution in [1.29, 1.82) is 0 Å². The lowest BCUT2D eigenvalue weighted by Gasteiger charge is -2.09. The molecule has 1 unspecified atom stereocenters. The second-order valence-corrected chi connectivity index (χ2v) is 5.49. The van der Waals surface area contributed by atoms with Crippen molar-refractivity contribution in [3.63, 3.8) is 0 Å². The zero-order chi connectivity index (χ0) is 12.4. The minimum absolute atomic E-state index is 0.376. The molecule has 0 saturated carbocycles. The molecule has 1 atom stereocenters. The van der Waals surface area contributed by atoms with Crippen LogP contribution in [0, 0.1) is 0 Å². The van der Waals surface area contributed by atoms with Crippen molar-refractivity contribution in [2.75, 3.05) is 13.2 Å². The summed E-state index contributed by atoms with van der Waals surface area (Å²) in [5.74, 6) is 0.967. The molecule has 3 rings (SSSR count). The molecule has 0 amide bonds. The molecule has 96 valence electrons. The Hall–Kier alpha value is -0.840. The molecule has 3 nitrogen and oxygen atoms in total. The summed E-state index contributed by atoms with van der Waals surface area (Å²) < 4.78 is 12.4. The first kappa shape index (κ1) is 12.2. The fourth-order valence-corrected chi connectivity index (χ4v) is 2.79. The van der Waals surface area contributed by atoms with Crippen molar-refractivity contribution in [3.05, 3.63) is 34.5 Å². The molecule has 1 saturated heterocycles. The second kappa shape index (κ2) is 5.43. The van der Waals surface area contributed by atoms with Crippen LogP contribution in [0.4, 0.5) is 0 Å². The monoisotopic (exact) mass is 309 g/mol. The number of hydrogen-bond acceptors (Lipinski definition) is 3. The Kier molecular flexibility index (Phi) is 3.68. The molecular formula is C14H16BrNO2. The van der Waals surface area contributed by atoms with Gasteiger partial charge in [0, 0.05) is 18.5 Å². The average Bonchev–Trinajstić information content (AvgIpc) is 2.98. The summed E-state index contributed by atoms with van der Waals surface area (Å²) in [7, 11) is 0. The maximum atomic E-state index is 5.81. The number of rotatable bonds is 4. The lowest BCUT2D eigenvalue weighted by molar-refractivity contribution is 0.109. The Morgan fingerprint density at radius 2 is 2.33 bits per heavy atom. The van der Waals surface area contributed by atoms with E-state index >= 15 is 0 Å². The third-order valence-corrected chi connectivity index (χ3v) is 3.87. The van der Waals surface area contributed by atoms with Crippen LogP contribution < -0.4 is 5.32 Å². The van der Waals surface area contributed by atoms with Crippen LogP contribution in [0.1, 0.15) is 18.6 Å². The van der Waals surface area contributed by atoms with Gasteiger partial charge in [0.2, 0.25) is 0 Å². The summed E-state index contributed by atoms with van der Waals surface area (Å²) in [6, 6.07) is 8.16. The van der Waals surface area contributed by atoms with Gasteiger partial charge in [-0.25, -0.2) is 0 Å². The van der Waals surface area contributed by atoms with E-state index in [-0.39, 0.29) is 0 Å². The van der Waals surface area contributed by atoms with E-state index in [1.807, 2.05) is 12.1 Å². The summed E-state index contributed by atoms with van der Waals surface area (Å²) in [5.41, 5.74) is 0.923. The van der Waals surface area contributed by atoms with Gasteiger partial charge in [-0.15, -0.1) is 0 Å². The van der Waals surface area contributed by atoms with E-state index in [0.717, 1.165) is 40.9 Å². The van der Waals surface area contributed by atoms with Crippen molar-refractivity contribution in [2.24, 2.45) is 0 Å². The average molecular weight is 310 g/mol.